The highest BCUT2D eigenvalue weighted by Crippen LogP contribution is 2.23. The van der Waals surface area contributed by atoms with Crippen LogP contribution >= 0.6 is 11.8 Å². The van der Waals surface area contributed by atoms with Crippen molar-refractivity contribution in [3.05, 3.63) is 60.2 Å². The lowest BCUT2D eigenvalue weighted by Gasteiger charge is -2.31. The third kappa shape index (κ3) is 6.76. The van der Waals surface area contributed by atoms with Crippen LogP contribution in [0.15, 0.2) is 59.5 Å². The second-order valence-electron chi connectivity index (χ2n) is 7.89. The summed E-state index contributed by atoms with van der Waals surface area (Å²) in [4.78, 5) is 29.2. The second kappa shape index (κ2) is 11.8. The van der Waals surface area contributed by atoms with E-state index in [9.17, 15) is 9.59 Å². The number of nitrogens with one attached hydrogen (secondary N) is 1. The molecule has 6 heteroatoms. The molecule has 5 nitrogen and oxygen atoms in total. The van der Waals surface area contributed by atoms with Crippen molar-refractivity contribution in [2.24, 2.45) is 0 Å². The maximum absolute atomic E-state index is 13.3. The molecule has 0 unspecified atom stereocenters. The van der Waals surface area contributed by atoms with Gasteiger partial charge in [0.15, 0.2) is 0 Å². The molecular weight excluding hydrogens is 408 g/mol. The maximum Gasteiger partial charge on any atom is 0.243 e. The summed E-state index contributed by atoms with van der Waals surface area (Å²) in [5.74, 6) is 0.953. The molecule has 0 spiro atoms. The molecule has 2 aromatic carbocycles. The van der Waals surface area contributed by atoms with Crippen molar-refractivity contribution in [2.75, 3.05) is 12.9 Å². The average molecular weight is 441 g/mol. The Labute approximate surface area is 189 Å². The van der Waals surface area contributed by atoms with E-state index in [1.807, 2.05) is 61.5 Å². The Morgan fingerprint density at radius 1 is 1.13 bits per heavy atom. The number of thioether (sulfide) groups is 1. The van der Waals surface area contributed by atoms with Crippen LogP contribution in [-0.4, -0.2) is 41.7 Å². The lowest BCUT2D eigenvalue weighted by molar-refractivity contribution is -0.139. The molecular formula is C25H32N2O3S. The average Bonchev–Trinajstić information content (AvgIpc) is 3.31. The maximum atomic E-state index is 13.3. The number of carbonyl (C=O) groups excluding carboxylic acids is 2. The molecule has 0 bridgehead atoms. The van der Waals surface area contributed by atoms with E-state index in [4.69, 9.17) is 4.74 Å². The largest absolute Gasteiger partial charge is 0.497 e. The third-order valence-electron chi connectivity index (χ3n) is 5.68. The van der Waals surface area contributed by atoms with Crippen LogP contribution in [-0.2, 0) is 16.1 Å². The summed E-state index contributed by atoms with van der Waals surface area (Å²) in [6.07, 6.45) is 4.93. The molecule has 31 heavy (non-hydrogen) atoms. The van der Waals surface area contributed by atoms with Gasteiger partial charge in [-0.3, -0.25) is 9.59 Å². The summed E-state index contributed by atoms with van der Waals surface area (Å²) in [6.45, 7) is 2.34. The summed E-state index contributed by atoms with van der Waals surface area (Å²) in [7, 11) is 1.63. The van der Waals surface area contributed by atoms with Gasteiger partial charge in [0.1, 0.15) is 11.8 Å². The number of ether oxygens (including phenoxy) is 1. The Morgan fingerprint density at radius 2 is 1.87 bits per heavy atom. The van der Waals surface area contributed by atoms with Crippen LogP contribution in [0.2, 0.25) is 0 Å². The van der Waals surface area contributed by atoms with Gasteiger partial charge in [0, 0.05) is 17.5 Å². The van der Waals surface area contributed by atoms with Gasteiger partial charge in [0.2, 0.25) is 11.8 Å². The molecule has 1 saturated carbocycles. The number of nitrogens with zero attached hydrogens (tertiary/aromatic N) is 1. The molecule has 1 aliphatic rings. The topological polar surface area (TPSA) is 58.6 Å². The zero-order valence-corrected chi connectivity index (χ0v) is 19.2. The Hall–Kier alpha value is -2.47. The fourth-order valence-electron chi connectivity index (χ4n) is 4.00. The first-order valence-electron chi connectivity index (χ1n) is 11.0. The van der Waals surface area contributed by atoms with Crippen molar-refractivity contribution in [1.82, 2.24) is 10.2 Å². The molecule has 0 heterocycles. The van der Waals surface area contributed by atoms with Crippen molar-refractivity contribution < 1.29 is 14.3 Å². The minimum atomic E-state index is -0.490. The highest BCUT2D eigenvalue weighted by atomic mass is 32.2. The van der Waals surface area contributed by atoms with Gasteiger partial charge in [-0.05, 0) is 49.1 Å². The molecule has 0 aliphatic heterocycles. The Morgan fingerprint density at radius 3 is 2.55 bits per heavy atom. The molecule has 0 saturated heterocycles. The predicted octanol–water partition coefficient (Wildman–Crippen LogP) is 4.65. The van der Waals surface area contributed by atoms with E-state index < -0.39 is 6.04 Å². The molecule has 1 N–H and O–H groups in total. The summed E-state index contributed by atoms with van der Waals surface area (Å²) in [6, 6.07) is 17.3. The number of rotatable bonds is 10. The van der Waals surface area contributed by atoms with E-state index >= 15 is 0 Å². The fraction of sp³-hybridized carbons (Fsp3) is 0.440. The number of methoxy groups -OCH3 is 1. The first-order valence-corrected chi connectivity index (χ1v) is 12.0. The number of amides is 2. The highest BCUT2D eigenvalue weighted by molar-refractivity contribution is 8.00. The van der Waals surface area contributed by atoms with Gasteiger partial charge >= 0.3 is 0 Å². The van der Waals surface area contributed by atoms with Gasteiger partial charge in [0.25, 0.3) is 0 Å². The zero-order valence-electron chi connectivity index (χ0n) is 18.4. The van der Waals surface area contributed by atoms with Crippen LogP contribution in [0.25, 0.3) is 0 Å². The normalized spacial score (nSPS) is 14.8. The SMILES string of the molecule is CC[C@@H](C(=O)NC1CCCC1)N(Cc1cccc(OC)c1)C(=O)CSc1ccccc1. The minimum Gasteiger partial charge on any atom is -0.497 e. The third-order valence-corrected chi connectivity index (χ3v) is 6.68. The Bertz CT molecular complexity index is 853. The van der Waals surface area contributed by atoms with E-state index in [0.717, 1.165) is 41.9 Å². The first-order chi connectivity index (χ1) is 15.1. The summed E-state index contributed by atoms with van der Waals surface area (Å²) < 4.78 is 5.34. The number of carbonyl (C=O) groups is 2. The zero-order chi connectivity index (χ0) is 22.1. The van der Waals surface area contributed by atoms with E-state index in [1.54, 1.807) is 12.0 Å². The minimum absolute atomic E-state index is 0.0369. The number of hydrogen-bond donors (Lipinski definition) is 1. The predicted molar refractivity (Wildman–Crippen MR) is 125 cm³/mol. The molecule has 0 radical (unpaired) electrons. The van der Waals surface area contributed by atoms with Gasteiger partial charge in [-0.1, -0.05) is 50.1 Å². The van der Waals surface area contributed by atoms with Crippen LogP contribution in [0.3, 0.4) is 0 Å². The molecule has 166 valence electrons. The van der Waals surface area contributed by atoms with Crippen molar-refractivity contribution >= 4 is 23.6 Å². The van der Waals surface area contributed by atoms with Crippen LogP contribution in [0, 0.1) is 0 Å². The van der Waals surface area contributed by atoms with Gasteiger partial charge in [-0.2, -0.15) is 0 Å². The summed E-state index contributed by atoms with van der Waals surface area (Å²) >= 11 is 1.50. The van der Waals surface area contributed by atoms with Gasteiger partial charge < -0.3 is 15.0 Å². The van der Waals surface area contributed by atoms with Crippen molar-refractivity contribution in [3.8, 4) is 5.75 Å². The van der Waals surface area contributed by atoms with Gasteiger partial charge in [-0.25, -0.2) is 0 Å². The van der Waals surface area contributed by atoms with Crippen molar-refractivity contribution in [2.45, 2.75) is 62.6 Å². The molecule has 2 amide bonds. The molecule has 3 rings (SSSR count). The monoisotopic (exact) mass is 440 g/mol. The van der Waals surface area contributed by atoms with Crippen LogP contribution in [0.5, 0.6) is 5.75 Å². The fourth-order valence-corrected chi connectivity index (χ4v) is 4.80. The molecule has 1 aliphatic carbocycles. The molecule has 1 fully saturated rings. The molecule has 2 aromatic rings. The van der Waals surface area contributed by atoms with E-state index in [2.05, 4.69) is 5.32 Å². The standard InChI is InChI=1S/C25H32N2O3S/c1-3-23(25(29)26-20-11-7-8-12-20)27(17-19-10-9-13-21(16-19)30-2)24(28)18-31-22-14-5-4-6-15-22/h4-6,9-10,13-16,20,23H,3,7-8,11-12,17-18H2,1-2H3,(H,26,29)/t23-/m0/s1. The lowest BCUT2D eigenvalue weighted by atomic mass is 10.1. The van der Waals surface area contributed by atoms with Crippen LogP contribution in [0.4, 0.5) is 0 Å². The van der Waals surface area contributed by atoms with Crippen LogP contribution < -0.4 is 10.1 Å². The van der Waals surface area contributed by atoms with Crippen molar-refractivity contribution in [1.29, 1.82) is 0 Å². The summed E-state index contributed by atoms with van der Waals surface area (Å²) in [5.41, 5.74) is 0.949. The Balaban J connectivity index is 1.76. The van der Waals surface area contributed by atoms with E-state index in [1.165, 1.54) is 11.8 Å². The quantitative estimate of drug-likeness (QED) is 0.546. The van der Waals surface area contributed by atoms with Gasteiger partial charge in [0.05, 0.1) is 12.9 Å². The number of hydrogen-bond acceptors (Lipinski definition) is 4. The molecule has 1 atom stereocenters. The lowest BCUT2D eigenvalue weighted by Crippen LogP contribution is -2.51. The van der Waals surface area contributed by atoms with E-state index in [-0.39, 0.29) is 17.9 Å². The van der Waals surface area contributed by atoms with Crippen LogP contribution in [0.1, 0.15) is 44.6 Å². The smallest absolute Gasteiger partial charge is 0.243 e. The Kier molecular flexibility index (Phi) is 8.83. The van der Waals surface area contributed by atoms with Gasteiger partial charge in [-0.15, -0.1) is 11.8 Å². The second-order valence-corrected chi connectivity index (χ2v) is 8.94. The first kappa shape index (κ1) is 23.2. The number of benzene rings is 2. The van der Waals surface area contributed by atoms with E-state index in [0.29, 0.717) is 18.7 Å². The molecule has 0 aromatic heterocycles. The van der Waals surface area contributed by atoms with Crippen molar-refractivity contribution in [3.63, 3.8) is 0 Å². The highest BCUT2D eigenvalue weighted by Gasteiger charge is 2.30. The summed E-state index contributed by atoms with van der Waals surface area (Å²) in [5, 5.41) is 3.18.